The molecule has 1 aromatic carbocycles. The molecule has 1 saturated heterocycles. The lowest BCUT2D eigenvalue weighted by Crippen LogP contribution is -2.36. The van der Waals surface area contributed by atoms with Crippen LogP contribution in [0.3, 0.4) is 0 Å². The molecule has 3 aromatic rings. The number of carbonyl (C=O) groups is 2. The number of hydrogen-bond donors (Lipinski definition) is 2. The molecule has 0 spiro atoms. The van der Waals surface area contributed by atoms with Crippen molar-refractivity contribution in [3.63, 3.8) is 0 Å². The van der Waals surface area contributed by atoms with E-state index in [0.717, 1.165) is 40.0 Å². The molecule has 8 heteroatoms. The maximum absolute atomic E-state index is 12.4. The first kappa shape index (κ1) is 21.5. The van der Waals surface area contributed by atoms with Gasteiger partial charge in [-0.1, -0.05) is 12.1 Å². The Kier molecular flexibility index (Phi) is 6.99. The van der Waals surface area contributed by atoms with Gasteiger partial charge in [-0.05, 0) is 49.4 Å². The summed E-state index contributed by atoms with van der Waals surface area (Å²) in [7, 11) is 0. The van der Waals surface area contributed by atoms with E-state index >= 15 is 0 Å². The number of anilines is 2. The Bertz CT molecular complexity index is 1030. The molecule has 0 aliphatic carbocycles. The molecule has 4 rings (SSSR count). The predicted octanol–water partition coefficient (Wildman–Crippen LogP) is 4.55. The van der Waals surface area contributed by atoms with Crippen molar-refractivity contribution in [1.29, 1.82) is 0 Å². The lowest BCUT2D eigenvalue weighted by molar-refractivity contribution is -0.121. The van der Waals surface area contributed by atoms with E-state index in [1.807, 2.05) is 48.0 Å². The maximum atomic E-state index is 12.4. The summed E-state index contributed by atoms with van der Waals surface area (Å²) < 4.78 is 0. The summed E-state index contributed by atoms with van der Waals surface area (Å²) in [4.78, 5) is 32.8. The van der Waals surface area contributed by atoms with E-state index in [1.54, 1.807) is 22.7 Å². The zero-order valence-electron chi connectivity index (χ0n) is 17.5. The van der Waals surface area contributed by atoms with Gasteiger partial charge in [0, 0.05) is 42.3 Å². The summed E-state index contributed by atoms with van der Waals surface area (Å²) in [5, 5.41) is 10.7. The Hall–Kier alpha value is -2.71. The van der Waals surface area contributed by atoms with E-state index < -0.39 is 0 Å². The molecule has 2 aromatic heterocycles. The van der Waals surface area contributed by atoms with E-state index in [-0.39, 0.29) is 30.7 Å². The zero-order valence-corrected chi connectivity index (χ0v) is 19.1. The van der Waals surface area contributed by atoms with Gasteiger partial charge in [0.15, 0.2) is 0 Å². The van der Waals surface area contributed by atoms with Gasteiger partial charge >= 0.3 is 0 Å². The Morgan fingerprint density at radius 2 is 1.97 bits per heavy atom. The van der Waals surface area contributed by atoms with Gasteiger partial charge in [0.2, 0.25) is 11.8 Å². The molecule has 0 saturated carbocycles. The third-order valence-electron chi connectivity index (χ3n) is 5.13. The van der Waals surface area contributed by atoms with Crippen molar-refractivity contribution in [3.8, 4) is 9.88 Å². The summed E-state index contributed by atoms with van der Waals surface area (Å²) >= 11 is 3.18. The molecule has 1 unspecified atom stereocenters. The average Bonchev–Trinajstić information content (AvgIpc) is 3.50. The second-order valence-corrected chi connectivity index (χ2v) is 9.57. The van der Waals surface area contributed by atoms with Crippen LogP contribution in [0.1, 0.15) is 31.9 Å². The molecule has 2 N–H and O–H groups in total. The van der Waals surface area contributed by atoms with Crippen LogP contribution in [-0.2, 0) is 16.0 Å². The van der Waals surface area contributed by atoms with Crippen molar-refractivity contribution in [2.75, 3.05) is 23.3 Å². The molecule has 1 aliphatic rings. The molecule has 1 aliphatic heterocycles. The van der Waals surface area contributed by atoms with Crippen LogP contribution in [0, 0.1) is 0 Å². The minimum absolute atomic E-state index is 0.111. The highest BCUT2D eigenvalue weighted by Crippen LogP contribution is 2.28. The second kappa shape index (κ2) is 10.1. The summed E-state index contributed by atoms with van der Waals surface area (Å²) in [6.45, 7) is 3.97. The number of aromatic nitrogens is 1. The second-order valence-electron chi connectivity index (χ2n) is 7.76. The molecule has 0 bridgehead atoms. The summed E-state index contributed by atoms with van der Waals surface area (Å²) in [6, 6.07) is 11.7. The van der Waals surface area contributed by atoms with E-state index in [0.29, 0.717) is 0 Å². The molecule has 6 nitrogen and oxygen atoms in total. The normalized spacial score (nSPS) is 14.4. The SMILES string of the molecule is CC(CC(=O)Nc1cccc(N2CCCC2)c1)NC(=O)Cc1csc(-c2cccs2)n1. The van der Waals surface area contributed by atoms with Crippen LogP contribution in [0.25, 0.3) is 9.88 Å². The van der Waals surface area contributed by atoms with Crippen molar-refractivity contribution in [3.05, 3.63) is 52.9 Å². The van der Waals surface area contributed by atoms with Gasteiger partial charge in [0.25, 0.3) is 0 Å². The number of nitrogens with one attached hydrogen (secondary N) is 2. The highest BCUT2D eigenvalue weighted by atomic mass is 32.1. The smallest absolute Gasteiger partial charge is 0.226 e. The van der Waals surface area contributed by atoms with E-state index in [1.165, 1.54) is 12.8 Å². The van der Waals surface area contributed by atoms with E-state index in [4.69, 9.17) is 0 Å². The standard InChI is InChI=1S/C23H26N4O2S2/c1-16(24-22(29)14-18-15-31-23(26-18)20-8-5-11-30-20)12-21(28)25-17-6-4-7-19(13-17)27-9-2-3-10-27/h4-8,11,13,15-16H,2-3,9-10,12,14H2,1H3,(H,24,29)(H,25,28). The first-order valence-electron chi connectivity index (χ1n) is 10.5. The fourth-order valence-electron chi connectivity index (χ4n) is 3.69. The monoisotopic (exact) mass is 454 g/mol. The number of rotatable bonds is 8. The van der Waals surface area contributed by atoms with Gasteiger partial charge in [0.05, 0.1) is 17.0 Å². The minimum Gasteiger partial charge on any atom is -0.371 e. The number of benzene rings is 1. The quantitative estimate of drug-likeness (QED) is 0.524. The number of hydrogen-bond acceptors (Lipinski definition) is 6. The van der Waals surface area contributed by atoms with Crippen LogP contribution in [0.2, 0.25) is 0 Å². The number of amides is 2. The first-order valence-corrected chi connectivity index (χ1v) is 12.3. The molecule has 0 radical (unpaired) electrons. The van der Waals surface area contributed by atoms with Crippen LogP contribution in [0.5, 0.6) is 0 Å². The van der Waals surface area contributed by atoms with Gasteiger partial charge in [-0.3, -0.25) is 9.59 Å². The maximum Gasteiger partial charge on any atom is 0.226 e. The van der Waals surface area contributed by atoms with E-state index in [9.17, 15) is 9.59 Å². The fraction of sp³-hybridized carbons (Fsp3) is 0.348. The predicted molar refractivity (Wildman–Crippen MR) is 128 cm³/mol. The van der Waals surface area contributed by atoms with Crippen molar-refractivity contribution >= 4 is 45.9 Å². The van der Waals surface area contributed by atoms with Crippen molar-refractivity contribution in [2.45, 2.75) is 38.6 Å². The van der Waals surface area contributed by atoms with Crippen molar-refractivity contribution in [2.24, 2.45) is 0 Å². The molecular weight excluding hydrogens is 428 g/mol. The number of thiophene rings is 1. The van der Waals surface area contributed by atoms with Gasteiger partial charge in [-0.15, -0.1) is 22.7 Å². The molecule has 3 heterocycles. The Balaban J connectivity index is 1.24. The molecule has 1 fully saturated rings. The molecular formula is C23H26N4O2S2. The summed E-state index contributed by atoms with van der Waals surface area (Å²) in [5.41, 5.74) is 2.68. The van der Waals surface area contributed by atoms with Crippen molar-refractivity contribution < 1.29 is 9.59 Å². The molecule has 162 valence electrons. The highest BCUT2D eigenvalue weighted by Gasteiger charge is 2.16. The Morgan fingerprint density at radius 3 is 2.74 bits per heavy atom. The third-order valence-corrected chi connectivity index (χ3v) is 7.06. The van der Waals surface area contributed by atoms with Crippen LogP contribution in [0.4, 0.5) is 11.4 Å². The van der Waals surface area contributed by atoms with E-state index in [2.05, 4.69) is 26.6 Å². The largest absolute Gasteiger partial charge is 0.371 e. The lowest BCUT2D eigenvalue weighted by Gasteiger charge is -2.19. The van der Waals surface area contributed by atoms with Gasteiger partial charge in [-0.25, -0.2) is 4.98 Å². The Morgan fingerprint density at radius 1 is 1.13 bits per heavy atom. The zero-order chi connectivity index (χ0) is 21.6. The summed E-state index contributed by atoms with van der Waals surface area (Å²) in [6.07, 6.45) is 2.86. The number of thiazole rings is 1. The fourth-order valence-corrected chi connectivity index (χ4v) is 5.32. The number of nitrogens with zero attached hydrogens (tertiary/aromatic N) is 2. The molecule has 2 amide bonds. The van der Waals surface area contributed by atoms with Gasteiger partial charge in [0.1, 0.15) is 5.01 Å². The van der Waals surface area contributed by atoms with Crippen molar-refractivity contribution in [1.82, 2.24) is 10.3 Å². The lowest BCUT2D eigenvalue weighted by atomic mass is 10.2. The highest BCUT2D eigenvalue weighted by molar-refractivity contribution is 7.20. The first-order chi connectivity index (χ1) is 15.1. The number of carbonyl (C=O) groups excluding carboxylic acids is 2. The molecule has 31 heavy (non-hydrogen) atoms. The van der Waals surface area contributed by atoms with Gasteiger partial charge in [-0.2, -0.15) is 0 Å². The summed E-state index contributed by atoms with van der Waals surface area (Å²) in [5.74, 6) is -0.237. The van der Waals surface area contributed by atoms with Crippen LogP contribution < -0.4 is 15.5 Å². The van der Waals surface area contributed by atoms with Crippen LogP contribution in [0.15, 0.2) is 47.2 Å². The minimum atomic E-state index is -0.260. The third kappa shape index (κ3) is 5.92. The average molecular weight is 455 g/mol. The van der Waals surface area contributed by atoms with Gasteiger partial charge < -0.3 is 15.5 Å². The topological polar surface area (TPSA) is 74.3 Å². The van der Waals surface area contributed by atoms with Crippen LogP contribution in [-0.4, -0.2) is 35.9 Å². The van der Waals surface area contributed by atoms with Crippen LogP contribution >= 0.6 is 22.7 Å². The Labute approximate surface area is 190 Å². The molecule has 1 atom stereocenters.